The van der Waals surface area contributed by atoms with Crippen LogP contribution in [0.3, 0.4) is 0 Å². The van der Waals surface area contributed by atoms with Gasteiger partial charge in [-0.1, -0.05) is 34.6 Å². The Kier molecular flexibility index (Phi) is 5.11. The van der Waals surface area contributed by atoms with Crippen LogP contribution in [0.15, 0.2) is 6.07 Å². The lowest BCUT2D eigenvalue weighted by Crippen LogP contribution is -2.43. The second-order valence-electron chi connectivity index (χ2n) is 5.99. The molecule has 0 aromatic carbocycles. The number of H-pyrrole nitrogens is 1. The molecule has 1 heterocycles. The molecule has 0 aliphatic rings. The van der Waals surface area contributed by atoms with E-state index in [1.54, 1.807) is 6.07 Å². The van der Waals surface area contributed by atoms with Gasteiger partial charge in [0, 0.05) is 17.7 Å². The Balaban J connectivity index is 2.58. The highest BCUT2D eigenvalue weighted by molar-refractivity contribution is 5.92. The predicted octanol–water partition coefficient (Wildman–Crippen LogP) is 1.74. The fourth-order valence-corrected chi connectivity index (χ4v) is 2.06. The number of nitrogens with zero attached hydrogens (tertiary/aromatic N) is 1. The van der Waals surface area contributed by atoms with Crippen LogP contribution in [0.2, 0.25) is 0 Å². The molecule has 0 fully saturated rings. The molecule has 5 nitrogen and oxygen atoms in total. The number of carbonyl (C=O) groups excluding carboxylic acids is 1. The molecule has 0 saturated carbocycles. The number of carbonyl (C=O) groups is 1. The third-order valence-corrected chi connectivity index (χ3v) is 3.38. The van der Waals surface area contributed by atoms with Crippen LogP contribution in [0.25, 0.3) is 0 Å². The van der Waals surface area contributed by atoms with Gasteiger partial charge in [0.1, 0.15) is 5.69 Å². The van der Waals surface area contributed by atoms with Gasteiger partial charge in [-0.3, -0.25) is 9.89 Å². The number of nitrogens with one attached hydrogen (secondary N) is 2. The summed E-state index contributed by atoms with van der Waals surface area (Å²) < 4.78 is 0. The van der Waals surface area contributed by atoms with Crippen molar-refractivity contribution in [2.75, 3.05) is 6.54 Å². The van der Waals surface area contributed by atoms with E-state index in [9.17, 15) is 9.90 Å². The van der Waals surface area contributed by atoms with Crippen LogP contribution in [0, 0.1) is 11.3 Å². The van der Waals surface area contributed by atoms with Gasteiger partial charge >= 0.3 is 0 Å². The number of aromatic amines is 1. The zero-order valence-corrected chi connectivity index (χ0v) is 12.4. The first kappa shape index (κ1) is 15.7. The number of rotatable bonds is 6. The van der Waals surface area contributed by atoms with Crippen LogP contribution >= 0.6 is 0 Å². The van der Waals surface area contributed by atoms with E-state index in [2.05, 4.69) is 15.5 Å². The molecule has 0 bridgehead atoms. The maximum Gasteiger partial charge on any atom is 0.271 e. The van der Waals surface area contributed by atoms with Crippen LogP contribution in [0.1, 0.15) is 50.8 Å². The Bertz CT molecular complexity index is 424. The first-order chi connectivity index (χ1) is 8.77. The van der Waals surface area contributed by atoms with E-state index in [0.29, 0.717) is 12.2 Å². The van der Waals surface area contributed by atoms with Crippen LogP contribution in [0.5, 0.6) is 0 Å². The van der Waals surface area contributed by atoms with Gasteiger partial charge in [-0.2, -0.15) is 5.10 Å². The minimum Gasteiger partial charge on any atom is -0.392 e. The summed E-state index contributed by atoms with van der Waals surface area (Å²) in [5.41, 5.74) is 0.964. The summed E-state index contributed by atoms with van der Waals surface area (Å²) in [7, 11) is 0. The Morgan fingerprint density at radius 1 is 1.53 bits per heavy atom. The molecule has 1 aromatic rings. The molecule has 1 atom stereocenters. The van der Waals surface area contributed by atoms with E-state index in [4.69, 9.17) is 0 Å². The third kappa shape index (κ3) is 4.06. The van der Waals surface area contributed by atoms with E-state index >= 15 is 0 Å². The smallest absolute Gasteiger partial charge is 0.271 e. The number of aliphatic hydroxyl groups excluding tert-OH is 1. The molecule has 0 saturated heterocycles. The molecule has 1 rings (SSSR count). The van der Waals surface area contributed by atoms with Crippen molar-refractivity contribution >= 4 is 5.91 Å². The van der Waals surface area contributed by atoms with Crippen LogP contribution < -0.4 is 5.32 Å². The van der Waals surface area contributed by atoms with E-state index in [1.807, 2.05) is 34.6 Å². The molecule has 1 amide bonds. The van der Waals surface area contributed by atoms with E-state index < -0.39 is 6.10 Å². The fourth-order valence-electron chi connectivity index (χ4n) is 2.06. The first-order valence-corrected chi connectivity index (χ1v) is 6.78. The summed E-state index contributed by atoms with van der Waals surface area (Å²) in [5.74, 6) is -0.0519. The van der Waals surface area contributed by atoms with Gasteiger partial charge in [-0.05, 0) is 18.4 Å². The fraction of sp³-hybridized carbons (Fsp3) is 0.714. The molecular formula is C14H25N3O2. The van der Waals surface area contributed by atoms with Crippen LogP contribution in [-0.2, 0) is 6.42 Å². The molecule has 0 aliphatic carbocycles. The quantitative estimate of drug-likeness (QED) is 0.734. The molecule has 1 aromatic heterocycles. The summed E-state index contributed by atoms with van der Waals surface area (Å²) >= 11 is 0. The highest BCUT2D eigenvalue weighted by Gasteiger charge is 2.30. The van der Waals surface area contributed by atoms with Crippen molar-refractivity contribution in [3.8, 4) is 0 Å². The molecule has 1 unspecified atom stereocenters. The number of amides is 1. The summed E-state index contributed by atoms with van der Waals surface area (Å²) in [6, 6.07) is 1.75. The second-order valence-corrected chi connectivity index (χ2v) is 5.99. The Labute approximate surface area is 114 Å². The lowest BCUT2D eigenvalue weighted by atomic mass is 9.80. The average molecular weight is 267 g/mol. The SMILES string of the molecule is CCc1cc(C(=O)NCC(C)(C)C(O)C(C)C)n[nH]1. The number of hydrogen-bond acceptors (Lipinski definition) is 3. The lowest BCUT2D eigenvalue weighted by Gasteiger charge is -2.33. The zero-order valence-electron chi connectivity index (χ0n) is 12.4. The monoisotopic (exact) mass is 267 g/mol. The second kappa shape index (κ2) is 6.19. The Hall–Kier alpha value is -1.36. The minimum absolute atomic E-state index is 0.156. The normalized spacial score (nSPS) is 13.6. The zero-order chi connectivity index (χ0) is 14.6. The average Bonchev–Trinajstić information content (AvgIpc) is 2.83. The lowest BCUT2D eigenvalue weighted by molar-refractivity contribution is 0.0138. The number of aryl methyl sites for hydroxylation is 1. The van der Waals surface area contributed by atoms with Gasteiger partial charge in [0.2, 0.25) is 0 Å². The maximum absolute atomic E-state index is 11.9. The van der Waals surface area contributed by atoms with Crippen LogP contribution in [0.4, 0.5) is 0 Å². The third-order valence-electron chi connectivity index (χ3n) is 3.38. The molecule has 0 spiro atoms. The van der Waals surface area contributed by atoms with Crippen molar-refractivity contribution in [2.45, 2.75) is 47.1 Å². The van der Waals surface area contributed by atoms with Gasteiger partial charge in [-0.15, -0.1) is 0 Å². The molecule has 5 heteroatoms. The van der Waals surface area contributed by atoms with Gasteiger partial charge in [-0.25, -0.2) is 0 Å². The molecule has 108 valence electrons. The largest absolute Gasteiger partial charge is 0.392 e. The summed E-state index contributed by atoms with van der Waals surface area (Å²) in [4.78, 5) is 11.9. The molecule has 3 N–H and O–H groups in total. The number of hydrogen-bond donors (Lipinski definition) is 3. The van der Waals surface area contributed by atoms with Crippen molar-refractivity contribution in [2.24, 2.45) is 11.3 Å². The van der Waals surface area contributed by atoms with E-state index in [-0.39, 0.29) is 17.2 Å². The topological polar surface area (TPSA) is 78.0 Å². The van der Waals surface area contributed by atoms with Crippen LogP contribution in [-0.4, -0.2) is 33.9 Å². The number of aliphatic hydroxyl groups is 1. The van der Waals surface area contributed by atoms with Gasteiger partial charge in [0.05, 0.1) is 6.10 Å². The van der Waals surface area contributed by atoms with E-state index in [1.165, 1.54) is 0 Å². The highest BCUT2D eigenvalue weighted by atomic mass is 16.3. The predicted molar refractivity (Wildman–Crippen MR) is 74.9 cm³/mol. The van der Waals surface area contributed by atoms with Crippen molar-refractivity contribution in [1.29, 1.82) is 0 Å². The highest BCUT2D eigenvalue weighted by Crippen LogP contribution is 2.25. The van der Waals surface area contributed by atoms with Gasteiger partial charge in [0.25, 0.3) is 5.91 Å². The molecular weight excluding hydrogens is 242 g/mol. The van der Waals surface area contributed by atoms with Crippen molar-refractivity contribution < 1.29 is 9.90 Å². The molecule has 0 radical (unpaired) electrons. The summed E-state index contributed by atoms with van der Waals surface area (Å²) in [6.45, 7) is 10.2. The van der Waals surface area contributed by atoms with E-state index in [0.717, 1.165) is 12.1 Å². The van der Waals surface area contributed by atoms with Crippen molar-refractivity contribution in [1.82, 2.24) is 15.5 Å². The maximum atomic E-state index is 11.9. The Morgan fingerprint density at radius 2 is 2.16 bits per heavy atom. The summed E-state index contributed by atoms with van der Waals surface area (Å²) in [6.07, 6.45) is 0.357. The van der Waals surface area contributed by atoms with Gasteiger partial charge in [0.15, 0.2) is 0 Å². The minimum atomic E-state index is -0.460. The standard InChI is InChI=1S/C14H25N3O2/c1-6-10-7-11(17-16-10)13(19)15-8-14(4,5)12(18)9(2)3/h7,9,12,18H,6,8H2,1-5H3,(H,15,19)(H,16,17). The Morgan fingerprint density at radius 3 is 2.63 bits per heavy atom. The van der Waals surface area contributed by atoms with Gasteiger partial charge < -0.3 is 10.4 Å². The van der Waals surface area contributed by atoms with Crippen molar-refractivity contribution in [3.63, 3.8) is 0 Å². The van der Waals surface area contributed by atoms with Crippen molar-refractivity contribution in [3.05, 3.63) is 17.5 Å². The number of aromatic nitrogens is 2. The first-order valence-electron chi connectivity index (χ1n) is 6.78. The summed E-state index contributed by atoms with van der Waals surface area (Å²) in [5, 5.41) is 19.7. The molecule has 19 heavy (non-hydrogen) atoms. The molecule has 0 aliphatic heterocycles.